The lowest BCUT2D eigenvalue weighted by atomic mass is 9.85. The largest absolute Gasteiger partial charge is 0.439 e. The molecule has 0 spiro atoms. The van der Waals surface area contributed by atoms with Crippen LogP contribution >= 0.6 is 0 Å². The molecule has 8 aromatic heterocycles. The summed E-state index contributed by atoms with van der Waals surface area (Å²) in [5.41, 5.74) is 12.6. The number of aliphatic hydroxyl groups is 3. The summed E-state index contributed by atoms with van der Waals surface area (Å²) < 4.78 is 82.4. The molecule has 16 rings (SSSR count). The highest BCUT2D eigenvalue weighted by atomic mass is 32.2. The second-order valence-electron chi connectivity index (χ2n) is 31.4. The highest BCUT2D eigenvalue weighted by Crippen LogP contribution is 2.45. The van der Waals surface area contributed by atoms with Crippen molar-refractivity contribution in [3.8, 4) is 33.9 Å². The van der Waals surface area contributed by atoms with Gasteiger partial charge in [0.15, 0.2) is 0 Å². The standard InChI is InChI=1S/C28H39N7O4S.C27H31N5O3.C26H37F2N5O2/c1-19(18-39-2)31-28-30-17-26-24(16-25(35(26)32-28)20-3-5-22(36)6-4-20)21-9-10-29-27(15-21)33-11-13-34(14-12-33)40(37,38)23-7-8-23;1-18(17-34-2)30-27-29-16-25-23(15-24(32(25)31-27)19-8-10-21(33)11-9-19)20-12-13-28-26(14-20)35-22-6-4-3-5-7-22;1-16(14-35-3)30-25-29-13-24-22(12-23(33(24)31-25)17-4-8-21(34)9-5-17)18-10-19-6-7-20(11-18)32(19)15-26(2,27)28/h9-10,15-17,19-20,22-23,36H,3-8,11-14,18H2,1-2H3,(H,31,32);3-7,12-16,18-19,21,33H,8-11,17H2,1-2H3,(H,30,31);10,12-13,16-17,19-21,34H,4-9,11,14-15H2,1-3H3,(H,30,31)/t19-,20?,22?;18-,19?,21?;16-,17?,19+,20-,21?/m000/s1. The summed E-state index contributed by atoms with van der Waals surface area (Å²) in [6, 6.07) is 24.7. The van der Waals surface area contributed by atoms with Gasteiger partial charge in [0.05, 0.1) is 85.1 Å². The summed E-state index contributed by atoms with van der Waals surface area (Å²) >= 11 is 0. The fourth-order valence-corrected chi connectivity index (χ4v) is 18.7. The predicted octanol–water partition coefficient (Wildman–Crippen LogP) is 12.4. The molecule has 3 aliphatic heterocycles. The van der Waals surface area contributed by atoms with Gasteiger partial charge in [-0.1, -0.05) is 24.3 Å². The van der Waals surface area contributed by atoms with Crippen molar-refractivity contribution in [2.75, 3.05) is 94.7 Å². The Bertz CT molecular complexity index is 4720. The first-order chi connectivity index (χ1) is 53.1. The van der Waals surface area contributed by atoms with Gasteiger partial charge >= 0.3 is 0 Å². The number of methoxy groups -OCH3 is 3. The molecule has 11 heterocycles. The van der Waals surface area contributed by atoms with Crippen LogP contribution < -0.4 is 25.6 Å². The molecule has 4 saturated carbocycles. The predicted molar refractivity (Wildman–Crippen MR) is 421 cm³/mol. The number of aliphatic hydroxyl groups excluding tert-OH is 3. The normalized spacial score (nSPS) is 23.6. The smallest absolute Gasteiger partial charge is 0.257 e. The van der Waals surface area contributed by atoms with E-state index >= 15 is 0 Å². The Morgan fingerprint density at radius 2 is 0.982 bits per heavy atom. The Morgan fingerprint density at radius 1 is 0.536 bits per heavy atom. The van der Waals surface area contributed by atoms with Gasteiger partial charge in [0.1, 0.15) is 11.6 Å². The lowest BCUT2D eigenvalue weighted by Gasteiger charge is -2.35. The Hall–Kier alpha value is -8.39. The van der Waals surface area contributed by atoms with Crippen molar-refractivity contribution < 1.29 is 51.5 Å². The summed E-state index contributed by atoms with van der Waals surface area (Å²) in [5, 5.41) is 54.6. The van der Waals surface area contributed by atoms with Crippen LogP contribution in [0.2, 0.25) is 0 Å². The van der Waals surface area contributed by atoms with Gasteiger partial charge in [-0.05, 0) is 195 Å². The summed E-state index contributed by atoms with van der Waals surface area (Å²) in [6.07, 6.45) is 25.2. The SMILES string of the molecule is COC[C@H](C)Nc1ncc2c(-c3ccnc(N4CCN(S(=O)(=O)C5CC5)CC4)c3)cc(C3CCC(O)CC3)n2n1.COC[C@H](C)Nc1ncc2c(-c3ccnc(Oc4ccccc4)c3)cc(C3CCC(O)CC3)n2n1.COC[C@H](C)Nc1ncc2c(C3=C[C@H]4CC[C@@H](C3)N4CC(C)(F)F)cc(C3CCC(O)CC3)n2n1. The number of alkyl halides is 2. The first-order valence-corrected chi connectivity index (χ1v) is 40.9. The van der Waals surface area contributed by atoms with E-state index in [0.29, 0.717) is 87.5 Å². The van der Waals surface area contributed by atoms with Gasteiger partial charge in [0.25, 0.3) is 5.92 Å². The molecule has 9 aromatic rings. The average Bonchev–Trinajstić information content (AvgIpc) is 1.53. The van der Waals surface area contributed by atoms with Gasteiger partial charge < -0.3 is 55.1 Å². The summed E-state index contributed by atoms with van der Waals surface area (Å²) in [6.45, 7) is 10.8. The Morgan fingerprint density at radius 3 is 1.43 bits per heavy atom. The van der Waals surface area contributed by atoms with E-state index in [9.17, 15) is 32.5 Å². The number of rotatable bonds is 25. The number of anilines is 4. The third-order valence-electron chi connectivity index (χ3n) is 22.6. The number of nitrogens with one attached hydrogen (secondary N) is 3. The second kappa shape index (κ2) is 34.7. The van der Waals surface area contributed by atoms with Gasteiger partial charge in [-0.3, -0.25) is 4.90 Å². The fourth-order valence-electron chi connectivity index (χ4n) is 16.9. The summed E-state index contributed by atoms with van der Waals surface area (Å²) in [4.78, 5) is 27.0. The van der Waals surface area contributed by atoms with Crippen molar-refractivity contribution in [2.24, 2.45) is 0 Å². The maximum absolute atomic E-state index is 13.8. The van der Waals surface area contributed by atoms with Gasteiger partial charge in [-0.15, -0.1) is 15.3 Å². The molecule has 110 heavy (non-hydrogen) atoms. The number of hydrogen-bond donors (Lipinski definition) is 6. The van der Waals surface area contributed by atoms with Crippen molar-refractivity contribution >= 4 is 55.8 Å². The molecule has 0 amide bonds. The molecule has 2 bridgehead atoms. The number of pyridine rings is 2. The third-order valence-corrected chi connectivity index (χ3v) is 25.0. The lowest BCUT2D eigenvalue weighted by molar-refractivity contribution is -0.0246. The van der Waals surface area contributed by atoms with Crippen molar-refractivity contribution in [2.45, 2.75) is 214 Å². The summed E-state index contributed by atoms with van der Waals surface area (Å²) in [5.74, 6) is 2.01. The van der Waals surface area contributed by atoms with Crippen LogP contribution in [0.3, 0.4) is 0 Å². The average molecular weight is 1530 g/mol. The summed E-state index contributed by atoms with van der Waals surface area (Å²) in [7, 11) is 1.87. The second-order valence-corrected chi connectivity index (χ2v) is 33.6. The minimum Gasteiger partial charge on any atom is -0.439 e. The van der Waals surface area contributed by atoms with Gasteiger partial charge in [-0.25, -0.2) is 55.7 Å². The first-order valence-electron chi connectivity index (χ1n) is 39.4. The third kappa shape index (κ3) is 18.5. The van der Waals surface area contributed by atoms with Crippen molar-refractivity contribution in [1.82, 2.24) is 63.0 Å². The molecule has 6 fully saturated rings. The number of benzene rings is 1. The zero-order valence-electron chi connectivity index (χ0n) is 64.2. The van der Waals surface area contributed by atoms with Crippen LogP contribution in [0, 0.1) is 0 Å². The van der Waals surface area contributed by atoms with E-state index in [1.165, 1.54) is 5.57 Å². The molecule has 29 heteroatoms. The van der Waals surface area contributed by atoms with E-state index in [0.717, 1.165) is 189 Å². The van der Waals surface area contributed by atoms with E-state index in [2.05, 4.69) is 76.1 Å². The molecule has 5 atom stereocenters. The molecule has 4 aliphatic carbocycles. The van der Waals surface area contributed by atoms with Crippen LogP contribution in [0.25, 0.3) is 44.4 Å². The molecular weight excluding hydrogens is 1430 g/mol. The number of hydrogen-bond acceptors (Lipinski definition) is 22. The topological polar surface area (TPSA) is 294 Å². The Balaban J connectivity index is 0.000000138. The number of halogens is 2. The van der Waals surface area contributed by atoms with Crippen LogP contribution in [0.15, 0.2) is 110 Å². The fraction of sp³-hybridized carbons (Fsp3) is 0.556. The molecule has 26 nitrogen and oxygen atoms in total. The number of fused-ring (bicyclic) bond motifs is 5. The zero-order chi connectivity index (χ0) is 76.8. The molecule has 1 aromatic carbocycles. The maximum Gasteiger partial charge on any atom is 0.257 e. The molecule has 2 saturated heterocycles. The lowest BCUT2D eigenvalue weighted by Crippen LogP contribution is -2.49. The van der Waals surface area contributed by atoms with E-state index in [1.807, 2.05) is 113 Å². The Labute approximate surface area is 642 Å². The number of nitrogens with zero attached hydrogens (tertiary/aromatic N) is 14. The molecule has 0 unspecified atom stereocenters. The van der Waals surface area contributed by atoms with Crippen molar-refractivity contribution in [3.63, 3.8) is 0 Å². The van der Waals surface area contributed by atoms with Gasteiger partial charge in [-0.2, -0.15) is 4.31 Å². The van der Waals surface area contributed by atoms with Crippen molar-refractivity contribution in [1.29, 1.82) is 0 Å². The number of para-hydroxylation sites is 1. The first kappa shape index (κ1) is 78.3. The number of ether oxygens (including phenoxy) is 4. The van der Waals surface area contributed by atoms with E-state index in [1.54, 1.807) is 31.8 Å². The van der Waals surface area contributed by atoms with E-state index in [4.69, 9.17) is 34.2 Å². The molecule has 7 aliphatic rings. The van der Waals surface area contributed by atoms with Crippen LogP contribution in [-0.2, 0) is 24.2 Å². The zero-order valence-corrected chi connectivity index (χ0v) is 65.0. The van der Waals surface area contributed by atoms with Crippen LogP contribution in [0.1, 0.15) is 177 Å². The molecule has 590 valence electrons. The van der Waals surface area contributed by atoms with Crippen LogP contribution in [0.4, 0.5) is 32.4 Å². The number of piperazine rings is 1. The minimum absolute atomic E-state index is 0.0505. The number of aromatic nitrogens is 11. The highest BCUT2D eigenvalue weighted by Gasteiger charge is 2.43. The van der Waals surface area contributed by atoms with Gasteiger partial charge in [0, 0.05) is 155 Å². The van der Waals surface area contributed by atoms with Gasteiger partial charge in [0.2, 0.25) is 33.7 Å². The molecule has 6 N–H and O–H groups in total. The van der Waals surface area contributed by atoms with E-state index in [-0.39, 0.29) is 60.3 Å². The highest BCUT2D eigenvalue weighted by molar-refractivity contribution is 7.90. The molecule has 0 radical (unpaired) electrons. The van der Waals surface area contributed by atoms with Crippen molar-refractivity contribution in [3.05, 3.63) is 133 Å². The minimum atomic E-state index is -3.15. The van der Waals surface area contributed by atoms with E-state index < -0.39 is 15.9 Å². The van der Waals surface area contributed by atoms with Crippen LogP contribution in [-0.4, -0.2) is 220 Å². The van der Waals surface area contributed by atoms with Crippen LogP contribution in [0.5, 0.6) is 11.6 Å². The maximum atomic E-state index is 13.8. The molecular formula is C81H107F2N17O9S. The number of sulfonamides is 1. The Kier molecular flexibility index (Phi) is 24.7. The monoisotopic (exact) mass is 1530 g/mol. The quantitative estimate of drug-likeness (QED) is 0.0310.